The maximum atomic E-state index is 12.5. The van der Waals surface area contributed by atoms with Gasteiger partial charge in [-0.3, -0.25) is 0 Å². The number of hydrogen-bond donors (Lipinski definition) is 0. The van der Waals surface area contributed by atoms with Crippen molar-refractivity contribution in [2.75, 3.05) is 18.1 Å². The van der Waals surface area contributed by atoms with E-state index in [-0.39, 0.29) is 11.5 Å². The van der Waals surface area contributed by atoms with Gasteiger partial charge >= 0.3 is 0 Å². The molecule has 1 saturated heterocycles. The Morgan fingerprint density at radius 1 is 1.27 bits per heavy atom. The zero-order valence-electron chi connectivity index (χ0n) is 12.6. The van der Waals surface area contributed by atoms with Crippen molar-refractivity contribution < 1.29 is 16.8 Å². The smallest absolute Gasteiger partial charge is 0.229 e. The highest BCUT2D eigenvalue weighted by Crippen LogP contribution is 2.22. The second-order valence-corrected chi connectivity index (χ2v) is 9.43. The Bertz CT molecular complexity index is 724. The van der Waals surface area contributed by atoms with Crippen molar-refractivity contribution in [3.8, 4) is 0 Å². The molecule has 0 bridgehead atoms. The quantitative estimate of drug-likeness (QED) is 0.791. The molecule has 122 valence electrons. The summed E-state index contributed by atoms with van der Waals surface area (Å²) in [5.41, 5.74) is 0.793. The first-order valence-corrected chi connectivity index (χ1v) is 10.6. The van der Waals surface area contributed by atoms with E-state index in [1.54, 1.807) is 6.08 Å². The van der Waals surface area contributed by atoms with Crippen molar-refractivity contribution >= 4 is 25.9 Å². The fourth-order valence-electron chi connectivity index (χ4n) is 2.55. The maximum Gasteiger partial charge on any atom is 0.236 e. The largest absolute Gasteiger partial charge is 0.236 e. The van der Waals surface area contributed by atoms with E-state index >= 15 is 0 Å². The van der Waals surface area contributed by atoms with E-state index in [0.29, 0.717) is 19.4 Å². The summed E-state index contributed by atoms with van der Waals surface area (Å²) >= 11 is 0. The third-order valence-electron chi connectivity index (χ3n) is 3.62. The number of nitrogens with zero attached hydrogens (tertiary/aromatic N) is 1. The highest BCUT2D eigenvalue weighted by molar-refractivity contribution is 7.93. The Labute approximate surface area is 132 Å². The minimum Gasteiger partial charge on any atom is -0.229 e. The van der Waals surface area contributed by atoms with Gasteiger partial charge in [0, 0.05) is 18.0 Å². The first-order valence-electron chi connectivity index (χ1n) is 7.29. The van der Waals surface area contributed by atoms with Crippen LogP contribution in [-0.4, -0.2) is 45.2 Å². The summed E-state index contributed by atoms with van der Waals surface area (Å²) in [6.07, 6.45) is 2.57. The molecule has 22 heavy (non-hydrogen) atoms. The zero-order chi connectivity index (χ0) is 16.2. The van der Waals surface area contributed by atoms with Crippen molar-refractivity contribution in [3.63, 3.8) is 0 Å². The normalized spacial score (nSPS) is 21.6. The molecule has 1 fully saturated rings. The Morgan fingerprint density at radius 2 is 1.95 bits per heavy atom. The summed E-state index contributed by atoms with van der Waals surface area (Å²) in [5, 5.41) is 1.17. The minimum atomic E-state index is -3.63. The van der Waals surface area contributed by atoms with Crippen LogP contribution in [0.3, 0.4) is 0 Å². The molecule has 1 atom stereocenters. The lowest BCUT2D eigenvalue weighted by Gasteiger charge is -2.25. The lowest BCUT2D eigenvalue weighted by molar-refractivity contribution is 0.345. The maximum absolute atomic E-state index is 12.5. The Hall–Kier alpha value is -1.18. The number of hydrogen-bond acceptors (Lipinski definition) is 4. The molecule has 0 radical (unpaired) electrons. The Morgan fingerprint density at radius 3 is 2.50 bits per heavy atom. The van der Waals surface area contributed by atoms with E-state index in [9.17, 15) is 16.8 Å². The third-order valence-corrected chi connectivity index (χ3v) is 6.98. The predicted octanol–water partition coefficient (Wildman–Crippen LogP) is 1.89. The average molecular weight is 343 g/mol. The molecule has 5 nitrogen and oxygen atoms in total. The van der Waals surface area contributed by atoms with Crippen molar-refractivity contribution in [3.05, 3.63) is 41.3 Å². The molecule has 0 aliphatic carbocycles. The Balaban J connectivity index is 2.21. The summed E-state index contributed by atoms with van der Waals surface area (Å²) in [7, 11) is -6.74. The topological polar surface area (TPSA) is 71.5 Å². The van der Waals surface area contributed by atoms with E-state index < -0.39 is 25.9 Å². The predicted molar refractivity (Wildman–Crippen MR) is 88.5 cm³/mol. The van der Waals surface area contributed by atoms with E-state index in [2.05, 4.69) is 0 Å². The van der Waals surface area contributed by atoms with Crippen LogP contribution in [0.25, 0.3) is 6.08 Å². The van der Waals surface area contributed by atoms with Gasteiger partial charge in [0.25, 0.3) is 0 Å². The number of benzene rings is 1. The van der Waals surface area contributed by atoms with Crippen molar-refractivity contribution in [2.24, 2.45) is 0 Å². The fraction of sp³-hybridized carbons (Fsp3) is 0.467. The van der Waals surface area contributed by atoms with E-state index in [4.69, 9.17) is 0 Å². The van der Waals surface area contributed by atoms with Crippen molar-refractivity contribution in [2.45, 2.75) is 25.8 Å². The molecule has 0 spiro atoms. The van der Waals surface area contributed by atoms with Crippen molar-refractivity contribution in [1.29, 1.82) is 0 Å². The molecule has 0 N–H and O–H groups in total. The average Bonchev–Trinajstić information content (AvgIpc) is 2.83. The highest BCUT2D eigenvalue weighted by Gasteiger charge is 2.36. The molecular weight excluding hydrogens is 322 g/mol. The van der Waals surface area contributed by atoms with Gasteiger partial charge in [-0.05, 0) is 24.5 Å². The SMILES string of the molecule is CCCN([C@@H]1CCS(=O)(=O)C1)S(=O)(=O)/C=C\c1ccccc1. The Kier molecular flexibility index (Phi) is 5.41. The molecule has 0 saturated carbocycles. The number of sulfone groups is 1. The van der Waals surface area contributed by atoms with Crippen LogP contribution in [0.4, 0.5) is 0 Å². The van der Waals surface area contributed by atoms with Crippen LogP contribution >= 0.6 is 0 Å². The van der Waals surface area contributed by atoms with Gasteiger partial charge in [0.1, 0.15) is 0 Å². The lowest BCUT2D eigenvalue weighted by Crippen LogP contribution is -2.40. The summed E-state index contributed by atoms with van der Waals surface area (Å²) in [6, 6.07) is 8.71. The molecule has 0 unspecified atom stereocenters. The van der Waals surface area contributed by atoms with Crippen LogP contribution in [-0.2, 0) is 19.9 Å². The number of sulfonamides is 1. The molecule has 2 rings (SSSR count). The van der Waals surface area contributed by atoms with Gasteiger partial charge in [-0.15, -0.1) is 0 Å². The molecule has 0 aromatic heterocycles. The lowest BCUT2D eigenvalue weighted by atomic mass is 10.2. The molecule has 1 heterocycles. The van der Waals surface area contributed by atoms with Gasteiger partial charge < -0.3 is 0 Å². The third kappa shape index (κ3) is 4.41. The van der Waals surface area contributed by atoms with Crippen LogP contribution in [0.2, 0.25) is 0 Å². The first-order chi connectivity index (χ1) is 10.3. The van der Waals surface area contributed by atoms with Crippen molar-refractivity contribution in [1.82, 2.24) is 4.31 Å². The highest BCUT2D eigenvalue weighted by atomic mass is 32.2. The van der Waals surface area contributed by atoms with Crippen LogP contribution in [0.1, 0.15) is 25.3 Å². The van der Waals surface area contributed by atoms with Gasteiger partial charge in [-0.1, -0.05) is 37.3 Å². The summed E-state index contributed by atoms with van der Waals surface area (Å²) in [5.74, 6) is -0.0127. The van der Waals surface area contributed by atoms with E-state index in [0.717, 1.165) is 5.56 Å². The molecular formula is C15H21NO4S2. The van der Waals surface area contributed by atoms with Crippen LogP contribution in [0.15, 0.2) is 35.7 Å². The second kappa shape index (κ2) is 6.93. The van der Waals surface area contributed by atoms with Gasteiger partial charge in [-0.2, -0.15) is 4.31 Å². The van der Waals surface area contributed by atoms with Crippen LogP contribution < -0.4 is 0 Å². The number of rotatable bonds is 6. The van der Waals surface area contributed by atoms with Gasteiger partial charge in [0.2, 0.25) is 10.0 Å². The monoisotopic (exact) mass is 343 g/mol. The standard InChI is InChI=1S/C15H21NO4S2/c1-2-10-16(15-9-11-21(17,18)13-15)22(19,20)12-8-14-6-4-3-5-7-14/h3-8,12,15H,2,9-11,13H2,1H3/b12-8-/t15-/m1/s1. The van der Waals surface area contributed by atoms with Gasteiger partial charge in [0.15, 0.2) is 9.84 Å². The van der Waals surface area contributed by atoms with E-state index in [1.807, 2.05) is 37.3 Å². The van der Waals surface area contributed by atoms with Gasteiger partial charge in [0.05, 0.1) is 11.5 Å². The van der Waals surface area contributed by atoms with Crippen LogP contribution in [0, 0.1) is 0 Å². The molecule has 1 aromatic rings. The zero-order valence-corrected chi connectivity index (χ0v) is 14.2. The van der Waals surface area contributed by atoms with Crippen LogP contribution in [0.5, 0.6) is 0 Å². The first kappa shape index (κ1) is 17.2. The van der Waals surface area contributed by atoms with E-state index in [1.165, 1.54) is 9.71 Å². The molecule has 7 heteroatoms. The summed E-state index contributed by atoms with van der Waals surface area (Å²) in [6.45, 7) is 2.22. The minimum absolute atomic E-state index is 0.0653. The summed E-state index contributed by atoms with van der Waals surface area (Å²) < 4.78 is 49.6. The molecule has 1 aliphatic rings. The molecule has 0 amide bonds. The second-order valence-electron chi connectivity index (χ2n) is 5.43. The van der Waals surface area contributed by atoms with Gasteiger partial charge in [-0.25, -0.2) is 16.8 Å². The summed E-state index contributed by atoms with van der Waals surface area (Å²) in [4.78, 5) is 0. The molecule has 1 aromatic carbocycles. The fourth-order valence-corrected chi connectivity index (χ4v) is 5.89. The molecule has 1 aliphatic heterocycles.